The number of nitrogens with zero attached hydrogens (tertiary/aromatic N) is 1. The molecule has 33 heavy (non-hydrogen) atoms. The fraction of sp³-hybridized carbons (Fsp3) is 0.552. The maximum Gasteiger partial charge on any atom is 0.254 e. The molecule has 1 aliphatic rings. The highest BCUT2D eigenvalue weighted by Crippen LogP contribution is 2.44. The van der Waals surface area contributed by atoms with Crippen LogP contribution in [0.4, 0.5) is 5.69 Å². The van der Waals surface area contributed by atoms with Gasteiger partial charge < -0.3 is 15.0 Å². The summed E-state index contributed by atoms with van der Waals surface area (Å²) in [6.07, 6.45) is 8.60. The fourth-order valence-electron chi connectivity index (χ4n) is 4.57. The molecule has 0 saturated heterocycles. The van der Waals surface area contributed by atoms with E-state index in [1.165, 1.54) is 5.56 Å². The van der Waals surface area contributed by atoms with E-state index in [2.05, 4.69) is 70.1 Å². The Balaban J connectivity index is 2.56. The van der Waals surface area contributed by atoms with Crippen LogP contribution in [0.5, 0.6) is 5.75 Å². The maximum absolute atomic E-state index is 13.7. The number of fused-ring (bicyclic) bond motifs is 1. The zero-order valence-electron chi connectivity index (χ0n) is 21.8. The molecule has 1 atom stereocenters. The van der Waals surface area contributed by atoms with Gasteiger partial charge >= 0.3 is 0 Å². The van der Waals surface area contributed by atoms with Gasteiger partial charge in [-0.1, -0.05) is 78.3 Å². The van der Waals surface area contributed by atoms with Crippen LogP contribution in [0.2, 0.25) is 0 Å². The lowest BCUT2D eigenvalue weighted by molar-refractivity contribution is -0.118. The molecule has 2 rings (SSSR count). The van der Waals surface area contributed by atoms with Crippen LogP contribution in [-0.2, 0) is 11.2 Å². The molecule has 1 N–H and O–H groups in total. The van der Waals surface area contributed by atoms with Crippen LogP contribution in [0.15, 0.2) is 42.1 Å². The van der Waals surface area contributed by atoms with E-state index in [1.54, 1.807) is 0 Å². The summed E-state index contributed by atoms with van der Waals surface area (Å²) in [5.74, 6) is 0.846. The second-order valence-electron chi connectivity index (χ2n) is 9.12. The largest absolute Gasteiger partial charge is 0.491 e. The molecule has 0 spiro atoms. The SMILES string of the molecule is C=C1C(C(=O)NC(CC)(CCCC)C(=C)C)=Cc2ccc(CC)c(OCCC)c2N1CCC. The van der Waals surface area contributed by atoms with E-state index in [-0.39, 0.29) is 5.91 Å². The molecule has 1 aromatic rings. The normalized spacial score (nSPS) is 14.9. The highest BCUT2D eigenvalue weighted by atomic mass is 16.5. The third-order valence-corrected chi connectivity index (χ3v) is 6.70. The van der Waals surface area contributed by atoms with Crippen LogP contribution in [-0.4, -0.2) is 24.6 Å². The average molecular weight is 453 g/mol. The first-order chi connectivity index (χ1) is 15.8. The van der Waals surface area contributed by atoms with Gasteiger partial charge in [0.05, 0.1) is 23.4 Å². The zero-order valence-corrected chi connectivity index (χ0v) is 21.8. The minimum absolute atomic E-state index is 0.0803. The molecule has 4 nitrogen and oxygen atoms in total. The molecule has 0 fully saturated rings. The van der Waals surface area contributed by atoms with Crippen LogP contribution < -0.4 is 15.0 Å². The summed E-state index contributed by atoms with van der Waals surface area (Å²) in [5.41, 5.74) is 5.20. The van der Waals surface area contributed by atoms with Gasteiger partial charge in [0.25, 0.3) is 5.91 Å². The Morgan fingerprint density at radius 3 is 2.39 bits per heavy atom. The molecule has 4 heteroatoms. The number of ether oxygens (including phenoxy) is 1. The number of rotatable bonds is 13. The van der Waals surface area contributed by atoms with Crippen molar-refractivity contribution < 1.29 is 9.53 Å². The van der Waals surface area contributed by atoms with Crippen molar-refractivity contribution >= 4 is 17.7 Å². The van der Waals surface area contributed by atoms with Crippen LogP contribution in [0.25, 0.3) is 6.08 Å². The number of carbonyl (C=O) groups excluding carboxylic acids is 1. The molecule has 1 unspecified atom stereocenters. The van der Waals surface area contributed by atoms with Crippen molar-refractivity contribution in [1.29, 1.82) is 0 Å². The minimum atomic E-state index is -0.397. The lowest BCUT2D eigenvalue weighted by Crippen LogP contribution is -2.50. The summed E-state index contributed by atoms with van der Waals surface area (Å²) in [7, 11) is 0. The van der Waals surface area contributed by atoms with E-state index in [4.69, 9.17) is 4.74 Å². The molecule has 0 saturated carbocycles. The van der Waals surface area contributed by atoms with Crippen molar-refractivity contribution in [2.24, 2.45) is 0 Å². The Kier molecular flexibility index (Phi) is 9.82. The molecule has 0 radical (unpaired) electrons. The van der Waals surface area contributed by atoms with E-state index in [0.717, 1.165) is 79.8 Å². The van der Waals surface area contributed by atoms with Gasteiger partial charge in [-0.3, -0.25) is 4.79 Å². The summed E-state index contributed by atoms with van der Waals surface area (Å²) in [5, 5.41) is 3.35. The van der Waals surface area contributed by atoms with Gasteiger partial charge in [0.2, 0.25) is 0 Å². The quantitative estimate of drug-likeness (QED) is 0.322. The third-order valence-electron chi connectivity index (χ3n) is 6.70. The Labute approximate surface area is 201 Å². The maximum atomic E-state index is 13.7. The molecule has 1 heterocycles. The Hall–Kier alpha value is -2.49. The number of unbranched alkanes of at least 4 members (excludes halogenated alkanes) is 1. The van der Waals surface area contributed by atoms with Crippen molar-refractivity contribution in [1.82, 2.24) is 5.32 Å². The molecule has 1 aromatic carbocycles. The average Bonchev–Trinajstić information content (AvgIpc) is 2.81. The number of aryl methyl sites for hydroxylation is 1. The van der Waals surface area contributed by atoms with Crippen molar-refractivity contribution in [2.75, 3.05) is 18.1 Å². The Morgan fingerprint density at radius 2 is 1.85 bits per heavy atom. The molecular weight excluding hydrogens is 408 g/mol. The topological polar surface area (TPSA) is 41.6 Å². The highest BCUT2D eigenvalue weighted by molar-refractivity contribution is 6.06. The van der Waals surface area contributed by atoms with E-state index in [1.807, 2.05) is 13.0 Å². The summed E-state index contributed by atoms with van der Waals surface area (Å²) < 4.78 is 6.25. The lowest BCUT2D eigenvalue weighted by atomic mass is 9.83. The molecule has 0 aromatic heterocycles. The molecule has 1 amide bonds. The number of benzene rings is 1. The summed E-state index contributed by atoms with van der Waals surface area (Å²) in [6.45, 7) is 22.8. The zero-order chi connectivity index (χ0) is 24.6. The van der Waals surface area contributed by atoms with Gasteiger partial charge in [-0.25, -0.2) is 0 Å². The van der Waals surface area contributed by atoms with Crippen molar-refractivity contribution in [3.05, 3.63) is 53.3 Å². The second kappa shape index (κ2) is 12.1. The van der Waals surface area contributed by atoms with Crippen LogP contribution in [0.1, 0.15) is 91.2 Å². The van der Waals surface area contributed by atoms with Crippen LogP contribution >= 0.6 is 0 Å². The van der Waals surface area contributed by atoms with Crippen molar-refractivity contribution in [3.8, 4) is 5.75 Å². The van der Waals surface area contributed by atoms with Gasteiger partial charge in [-0.15, -0.1) is 0 Å². The Morgan fingerprint density at radius 1 is 1.12 bits per heavy atom. The first kappa shape index (κ1) is 26.8. The smallest absolute Gasteiger partial charge is 0.254 e. The lowest BCUT2D eigenvalue weighted by Gasteiger charge is -2.38. The number of amides is 1. The molecule has 182 valence electrons. The van der Waals surface area contributed by atoms with Crippen LogP contribution in [0.3, 0.4) is 0 Å². The number of carbonyl (C=O) groups is 1. The standard InChI is InChI=1S/C29H44N2O2/c1-9-14-17-29(13-5,21(6)7)30-28(32)25-20-24-16-15-23(12-4)27(33-19-11-3)26(24)31(18-10-2)22(25)8/h15-16,20H,6,8-14,17-19H2,1-5,7H3,(H,30,32). The van der Waals surface area contributed by atoms with Crippen molar-refractivity contribution in [3.63, 3.8) is 0 Å². The minimum Gasteiger partial charge on any atom is -0.491 e. The second-order valence-corrected chi connectivity index (χ2v) is 9.12. The van der Waals surface area contributed by atoms with E-state index in [9.17, 15) is 4.79 Å². The number of hydrogen-bond donors (Lipinski definition) is 1. The Bertz CT molecular complexity index is 899. The first-order valence-corrected chi connectivity index (χ1v) is 12.8. The number of hydrogen-bond acceptors (Lipinski definition) is 3. The predicted octanol–water partition coefficient (Wildman–Crippen LogP) is 7.20. The fourth-order valence-corrected chi connectivity index (χ4v) is 4.57. The summed E-state index contributed by atoms with van der Waals surface area (Å²) >= 11 is 0. The van der Waals surface area contributed by atoms with Gasteiger partial charge in [0.1, 0.15) is 5.75 Å². The van der Waals surface area contributed by atoms with Gasteiger partial charge in [-0.05, 0) is 50.7 Å². The molecule has 0 bridgehead atoms. The summed E-state index contributed by atoms with van der Waals surface area (Å²) in [6, 6.07) is 4.23. The third kappa shape index (κ3) is 5.72. The molecule has 0 aliphatic carbocycles. The summed E-state index contributed by atoms with van der Waals surface area (Å²) in [4.78, 5) is 15.8. The highest BCUT2D eigenvalue weighted by Gasteiger charge is 2.35. The number of nitrogens with one attached hydrogen (secondary N) is 1. The first-order valence-electron chi connectivity index (χ1n) is 12.8. The van der Waals surface area contributed by atoms with Crippen LogP contribution in [0, 0.1) is 0 Å². The van der Waals surface area contributed by atoms with Gasteiger partial charge in [0.15, 0.2) is 0 Å². The monoisotopic (exact) mass is 452 g/mol. The predicted molar refractivity (Wildman–Crippen MR) is 142 cm³/mol. The molecular formula is C29H44N2O2. The number of anilines is 1. The van der Waals surface area contributed by atoms with E-state index >= 15 is 0 Å². The van der Waals surface area contributed by atoms with Crippen molar-refractivity contribution in [2.45, 2.75) is 92.0 Å². The van der Waals surface area contributed by atoms with Gasteiger partial charge in [-0.2, -0.15) is 0 Å². The van der Waals surface area contributed by atoms with E-state index < -0.39 is 5.54 Å². The molecule has 1 aliphatic heterocycles. The van der Waals surface area contributed by atoms with Gasteiger partial charge in [0, 0.05) is 17.8 Å². The van der Waals surface area contributed by atoms with E-state index in [0.29, 0.717) is 12.2 Å².